The number of methoxy groups -OCH3 is 2. The molecule has 1 aliphatic rings. The lowest BCUT2D eigenvalue weighted by atomic mass is 10.2. The van der Waals surface area contributed by atoms with E-state index in [0.717, 1.165) is 37.9 Å². The summed E-state index contributed by atoms with van der Waals surface area (Å²) in [6, 6.07) is 8.37. The first kappa shape index (κ1) is 24.8. The summed E-state index contributed by atoms with van der Waals surface area (Å²) in [6.45, 7) is 0.00597. The maximum Gasteiger partial charge on any atom is 0.387 e. The van der Waals surface area contributed by atoms with Crippen molar-refractivity contribution in [2.45, 2.75) is 11.5 Å². The Hall–Kier alpha value is -2.50. The summed E-state index contributed by atoms with van der Waals surface area (Å²) in [5, 5.41) is 3.25. The van der Waals surface area contributed by atoms with Crippen LogP contribution in [0.2, 0.25) is 0 Å². The summed E-state index contributed by atoms with van der Waals surface area (Å²) in [5.74, 6) is 0.326. The van der Waals surface area contributed by atoms with Crippen molar-refractivity contribution in [2.75, 3.05) is 50.0 Å². The number of hydrogen-bond donors (Lipinski definition) is 2. The first-order chi connectivity index (χ1) is 14.3. The van der Waals surface area contributed by atoms with E-state index in [9.17, 15) is 17.2 Å². The third-order valence-corrected chi connectivity index (χ3v) is 5.94. The normalized spacial score (nSPS) is 14.0. The highest BCUT2D eigenvalue weighted by atomic mass is 35.5. The van der Waals surface area contributed by atoms with Crippen molar-refractivity contribution in [1.29, 1.82) is 0 Å². The van der Waals surface area contributed by atoms with Crippen LogP contribution < -0.4 is 29.1 Å². The Labute approximate surface area is 185 Å². The highest BCUT2D eigenvalue weighted by Crippen LogP contribution is 2.34. The monoisotopic (exact) mass is 479 g/mol. The molecule has 172 valence electrons. The van der Waals surface area contributed by atoms with Crippen molar-refractivity contribution in [1.82, 2.24) is 5.32 Å². The molecule has 1 aliphatic heterocycles. The van der Waals surface area contributed by atoms with E-state index in [2.05, 4.69) is 19.7 Å². The van der Waals surface area contributed by atoms with Gasteiger partial charge in [-0.1, -0.05) is 0 Å². The molecule has 2 aromatic carbocycles. The van der Waals surface area contributed by atoms with Gasteiger partial charge in [-0.25, -0.2) is 8.42 Å². The largest absolute Gasteiger partial charge is 0.495 e. The molecule has 0 amide bonds. The summed E-state index contributed by atoms with van der Waals surface area (Å²) < 4.78 is 68.3. The fraction of sp³-hybridized carbons (Fsp3) is 0.368. The molecule has 3 rings (SSSR count). The molecule has 0 unspecified atom stereocenters. The molecule has 0 radical (unpaired) electrons. The van der Waals surface area contributed by atoms with Crippen molar-refractivity contribution < 1.29 is 31.4 Å². The van der Waals surface area contributed by atoms with Crippen LogP contribution >= 0.6 is 12.4 Å². The van der Waals surface area contributed by atoms with Gasteiger partial charge in [0, 0.05) is 32.2 Å². The molecule has 31 heavy (non-hydrogen) atoms. The Morgan fingerprint density at radius 3 is 2.29 bits per heavy atom. The average molecular weight is 480 g/mol. The van der Waals surface area contributed by atoms with Gasteiger partial charge in [0.25, 0.3) is 10.0 Å². The molecule has 2 aromatic rings. The maximum atomic E-state index is 13.0. The molecule has 12 heteroatoms. The van der Waals surface area contributed by atoms with E-state index in [0.29, 0.717) is 11.4 Å². The minimum Gasteiger partial charge on any atom is -0.495 e. The van der Waals surface area contributed by atoms with Crippen LogP contribution in [0.1, 0.15) is 0 Å². The zero-order valence-corrected chi connectivity index (χ0v) is 18.6. The van der Waals surface area contributed by atoms with Gasteiger partial charge >= 0.3 is 6.61 Å². The number of benzene rings is 2. The predicted molar refractivity (Wildman–Crippen MR) is 116 cm³/mol. The van der Waals surface area contributed by atoms with E-state index < -0.39 is 16.6 Å². The topological polar surface area (TPSA) is 89.1 Å². The molecule has 1 heterocycles. The quantitative estimate of drug-likeness (QED) is 0.601. The predicted octanol–water partition coefficient (Wildman–Crippen LogP) is 2.94. The van der Waals surface area contributed by atoms with Gasteiger partial charge < -0.3 is 24.4 Å². The maximum absolute atomic E-state index is 13.0. The summed E-state index contributed by atoms with van der Waals surface area (Å²) in [7, 11) is -1.32. The van der Waals surface area contributed by atoms with Gasteiger partial charge in [-0.15, -0.1) is 12.4 Å². The molecule has 1 saturated heterocycles. The third kappa shape index (κ3) is 6.02. The van der Waals surface area contributed by atoms with E-state index >= 15 is 0 Å². The fourth-order valence-corrected chi connectivity index (χ4v) is 4.39. The van der Waals surface area contributed by atoms with E-state index in [4.69, 9.17) is 9.47 Å². The lowest BCUT2D eigenvalue weighted by Crippen LogP contribution is -2.43. The van der Waals surface area contributed by atoms with Crippen molar-refractivity contribution >= 4 is 33.8 Å². The first-order valence-electron chi connectivity index (χ1n) is 9.13. The lowest BCUT2D eigenvalue weighted by Gasteiger charge is -2.31. The minimum absolute atomic E-state index is 0. The summed E-state index contributed by atoms with van der Waals surface area (Å²) in [5.41, 5.74) is 1.05. The van der Waals surface area contributed by atoms with Crippen LogP contribution in [0.3, 0.4) is 0 Å². The van der Waals surface area contributed by atoms with Gasteiger partial charge in [-0.05, 0) is 30.3 Å². The molecular weight excluding hydrogens is 456 g/mol. The van der Waals surface area contributed by atoms with E-state index in [1.165, 1.54) is 19.2 Å². The summed E-state index contributed by atoms with van der Waals surface area (Å²) in [6.07, 6.45) is 0. The van der Waals surface area contributed by atoms with Crippen LogP contribution in [0.25, 0.3) is 0 Å². The van der Waals surface area contributed by atoms with Crippen LogP contribution in [0.5, 0.6) is 17.2 Å². The number of ether oxygens (including phenoxy) is 3. The molecule has 0 bridgehead atoms. The second-order valence-electron chi connectivity index (χ2n) is 6.42. The van der Waals surface area contributed by atoms with E-state index in [-0.39, 0.29) is 28.8 Å². The van der Waals surface area contributed by atoms with Gasteiger partial charge in [-0.3, -0.25) is 4.72 Å². The zero-order valence-electron chi connectivity index (χ0n) is 16.9. The van der Waals surface area contributed by atoms with Gasteiger partial charge in [0.1, 0.15) is 22.1 Å². The number of anilines is 2. The van der Waals surface area contributed by atoms with E-state index in [1.807, 2.05) is 0 Å². The SMILES string of the molecule is COc1ccc(NS(=O)(=O)c2cc(OC(F)F)ccc2OC)cc1N1CCNCC1.Cl. The molecule has 8 nitrogen and oxygen atoms in total. The number of sulfonamides is 1. The van der Waals surface area contributed by atoms with Crippen molar-refractivity contribution in [3.63, 3.8) is 0 Å². The Morgan fingerprint density at radius 1 is 1.03 bits per heavy atom. The molecule has 2 N–H and O–H groups in total. The van der Waals surface area contributed by atoms with Crippen LogP contribution in [-0.4, -0.2) is 55.4 Å². The van der Waals surface area contributed by atoms with Crippen molar-refractivity contribution in [2.24, 2.45) is 0 Å². The van der Waals surface area contributed by atoms with Gasteiger partial charge in [0.2, 0.25) is 0 Å². The van der Waals surface area contributed by atoms with Crippen LogP contribution in [0, 0.1) is 0 Å². The molecule has 0 atom stereocenters. The van der Waals surface area contributed by atoms with Crippen LogP contribution in [0.4, 0.5) is 20.2 Å². The number of nitrogens with one attached hydrogen (secondary N) is 2. The fourth-order valence-electron chi connectivity index (χ4n) is 3.16. The summed E-state index contributed by atoms with van der Waals surface area (Å²) in [4.78, 5) is 1.77. The summed E-state index contributed by atoms with van der Waals surface area (Å²) >= 11 is 0. The van der Waals surface area contributed by atoms with Crippen LogP contribution in [-0.2, 0) is 10.0 Å². The average Bonchev–Trinajstić information content (AvgIpc) is 2.73. The first-order valence-corrected chi connectivity index (χ1v) is 10.6. The molecule has 0 saturated carbocycles. The number of nitrogens with zero attached hydrogens (tertiary/aromatic N) is 1. The Morgan fingerprint density at radius 2 is 1.68 bits per heavy atom. The highest BCUT2D eigenvalue weighted by molar-refractivity contribution is 7.92. The third-order valence-electron chi connectivity index (χ3n) is 4.54. The minimum atomic E-state index is -4.15. The number of hydrogen-bond acceptors (Lipinski definition) is 7. The van der Waals surface area contributed by atoms with Gasteiger partial charge in [0.15, 0.2) is 0 Å². The Kier molecular flexibility index (Phi) is 8.54. The second kappa shape index (κ2) is 10.7. The Balaban J connectivity index is 0.00000341. The lowest BCUT2D eigenvalue weighted by molar-refractivity contribution is -0.0500. The van der Waals surface area contributed by atoms with Crippen molar-refractivity contribution in [3.8, 4) is 17.2 Å². The number of halogens is 3. The van der Waals surface area contributed by atoms with Crippen molar-refractivity contribution in [3.05, 3.63) is 36.4 Å². The van der Waals surface area contributed by atoms with Crippen LogP contribution in [0.15, 0.2) is 41.3 Å². The zero-order chi connectivity index (χ0) is 21.7. The van der Waals surface area contributed by atoms with E-state index in [1.54, 1.807) is 25.3 Å². The number of rotatable bonds is 8. The standard InChI is InChI=1S/C19H23F2N3O5S.ClH/c1-27-16-5-3-13(11-15(16)24-9-7-22-8-10-24)23-30(25,26)18-12-14(29-19(20)21)4-6-17(18)28-2;/h3-6,11-12,19,22-23H,7-10H2,1-2H3;1H. The second-order valence-corrected chi connectivity index (χ2v) is 8.07. The van der Waals surface area contributed by atoms with Gasteiger partial charge in [-0.2, -0.15) is 8.78 Å². The Bertz CT molecular complexity index is 989. The molecule has 0 aromatic heterocycles. The number of piperazine rings is 1. The molecule has 0 spiro atoms. The smallest absolute Gasteiger partial charge is 0.387 e. The van der Waals surface area contributed by atoms with Gasteiger partial charge in [0.05, 0.1) is 25.6 Å². The number of alkyl halides is 2. The highest BCUT2D eigenvalue weighted by Gasteiger charge is 2.23. The molecular formula is C19H24ClF2N3O5S. The molecule has 0 aliphatic carbocycles. The molecule has 1 fully saturated rings.